The highest BCUT2D eigenvalue weighted by Gasteiger charge is 2.27. The van der Waals surface area contributed by atoms with E-state index in [1.54, 1.807) is 38.3 Å². The molecule has 0 aliphatic rings. The number of nitrogens with zero attached hydrogens (tertiary/aromatic N) is 1. The maximum absolute atomic E-state index is 14.2. The summed E-state index contributed by atoms with van der Waals surface area (Å²) in [6.07, 6.45) is 5.10. The van der Waals surface area contributed by atoms with Crippen LogP contribution in [0.4, 0.5) is 4.39 Å². The predicted octanol–water partition coefficient (Wildman–Crippen LogP) is 6.05. The first-order valence-corrected chi connectivity index (χ1v) is 11.5. The minimum absolute atomic E-state index is 0.0355. The molecule has 1 heterocycles. The molecule has 0 saturated heterocycles. The fraction of sp³-hybridized carbons (Fsp3) is 0.308. The van der Waals surface area contributed by atoms with E-state index < -0.39 is 12.8 Å². The highest BCUT2D eigenvalue weighted by atomic mass is 35.5. The van der Waals surface area contributed by atoms with Crippen LogP contribution in [0.2, 0.25) is 18.2 Å². The summed E-state index contributed by atoms with van der Waals surface area (Å²) in [5.41, 5.74) is 3.04. The lowest BCUT2D eigenvalue weighted by atomic mass is 9.61. The molecular weight excluding hydrogens is 440 g/mol. The average molecular weight is 468 g/mol. The number of ether oxygens (including phenoxy) is 1. The van der Waals surface area contributed by atoms with Gasteiger partial charge in [-0.3, -0.25) is 9.78 Å². The molecule has 3 rings (SSSR count). The summed E-state index contributed by atoms with van der Waals surface area (Å²) in [5, 5.41) is 10.6. The zero-order chi connectivity index (χ0) is 23.8. The lowest BCUT2D eigenvalue weighted by molar-refractivity contribution is -0.145. The van der Waals surface area contributed by atoms with E-state index in [4.69, 9.17) is 16.3 Å². The summed E-state index contributed by atoms with van der Waals surface area (Å²) in [4.78, 5) is 16.9. The molecule has 0 aliphatic carbocycles. The van der Waals surface area contributed by atoms with Crippen molar-refractivity contribution < 1.29 is 18.9 Å². The number of carbonyl (C=O) groups excluding carboxylic acids is 1. The highest BCUT2D eigenvalue weighted by Crippen LogP contribution is 2.31. The minimum atomic E-state index is -0.508. The molecule has 172 valence electrons. The number of carbonyl (C=O) groups is 1. The van der Waals surface area contributed by atoms with Crippen molar-refractivity contribution in [2.45, 2.75) is 38.8 Å². The zero-order valence-corrected chi connectivity index (χ0v) is 19.6. The molecule has 0 saturated carbocycles. The average Bonchev–Trinajstić information content (AvgIpc) is 2.80. The SMILES string of the molecule is CCOC(=O)C(C[C@H](CB(C)O)Cc1ccc(-c2cc(Cl)ccc2F)cc1)c1cccnc1. The van der Waals surface area contributed by atoms with E-state index in [1.165, 1.54) is 12.1 Å². The molecule has 1 unspecified atom stereocenters. The fourth-order valence-corrected chi connectivity index (χ4v) is 4.32. The number of hydrogen-bond donors (Lipinski definition) is 1. The molecule has 1 N–H and O–H groups in total. The highest BCUT2D eigenvalue weighted by molar-refractivity contribution is 6.48. The second-order valence-corrected chi connectivity index (χ2v) is 8.74. The van der Waals surface area contributed by atoms with Gasteiger partial charge in [0.1, 0.15) is 5.82 Å². The van der Waals surface area contributed by atoms with Crippen LogP contribution >= 0.6 is 11.6 Å². The maximum Gasteiger partial charge on any atom is 0.313 e. The molecule has 0 radical (unpaired) electrons. The maximum atomic E-state index is 14.2. The molecule has 0 aliphatic heterocycles. The molecule has 3 aromatic rings. The number of aromatic nitrogens is 1. The Labute approximate surface area is 199 Å². The first-order valence-electron chi connectivity index (χ1n) is 11.2. The van der Waals surface area contributed by atoms with Gasteiger partial charge in [0.2, 0.25) is 0 Å². The van der Waals surface area contributed by atoms with Crippen LogP contribution in [0, 0.1) is 11.7 Å². The van der Waals surface area contributed by atoms with Crippen LogP contribution in [0.3, 0.4) is 0 Å². The van der Waals surface area contributed by atoms with E-state index in [0.717, 1.165) is 16.7 Å². The molecule has 4 nitrogen and oxygen atoms in total. The van der Waals surface area contributed by atoms with Gasteiger partial charge in [-0.15, -0.1) is 0 Å². The van der Waals surface area contributed by atoms with Crippen LogP contribution in [0.15, 0.2) is 67.0 Å². The lowest BCUT2D eigenvalue weighted by Gasteiger charge is -2.23. The van der Waals surface area contributed by atoms with Gasteiger partial charge in [0.25, 0.3) is 6.92 Å². The molecule has 2 aromatic carbocycles. The zero-order valence-electron chi connectivity index (χ0n) is 18.9. The number of esters is 1. The molecule has 0 bridgehead atoms. The second-order valence-electron chi connectivity index (χ2n) is 8.30. The molecule has 7 heteroatoms. The Morgan fingerprint density at radius 2 is 1.97 bits per heavy atom. The standard InChI is InChI=1S/C26H28BClFNO3/c1-3-33-26(31)24(21-5-4-12-30-17-21)14-19(16-27(2)32)13-18-6-8-20(9-7-18)23-15-22(28)10-11-25(23)29/h4-12,15,17,19,24,32H,3,13-14,16H2,1-2H3/t19-,24?/m1/s1. The van der Waals surface area contributed by atoms with E-state index in [2.05, 4.69) is 4.98 Å². The smallest absolute Gasteiger partial charge is 0.313 e. The van der Waals surface area contributed by atoms with E-state index in [0.29, 0.717) is 36.4 Å². The van der Waals surface area contributed by atoms with Crippen molar-refractivity contribution in [3.63, 3.8) is 0 Å². The van der Waals surface area contributed by atoms with Gasteiger partial charge in [-0.05, 0) is 73.0 Å². The van der Waals surface area contributed by atoms with Crippen LogP contribution in [0.1, 0.15) is 30.4 Å². The number of halogens is 2. The molecule has 2 atom stereocenters. The van der Waals surface area contributed by atoms with Gasteiger partial charge in [-0.2, -0.15) is 0 Å². The summed E-state index contributed by atoms with van der Waals surface area (Å²) >= 11 is 6.03. The van der Waals surface area contributed by atoms with Crippen molar-refractivity contribution >= 4 is 24.5 Å². The van der Waals surface area contributed by atoms with Crippen LogP contribution in [-0.4, -0.2) is 29.5 Å². The lowest BCUT2D eigenvalue weighted by Crippen LogP contribution is -2.23. The Hall–Kier alpha value is -2.70. The molecule has 33 heavy (non-hydrogen) atoms. The molecule has 1 aromatic heterocycles. The molecular formula is C26H28BClFNO3. The third-order valence-electron chi connectivity index (χ3n) is 5.62. The monoisotopic (exact) mass is 467 g/mol. The van der Waals surface area contributed by atoms with Gasteiger partial charge in [0.05, 0.1) is 12.5 Å². The van der Waals surface area contributed by atoms with Crippen molar-refractivity contribution in [3.05, 3.63) is 89.0 Å². The number of pyridine rings is 1. The van der Waals surface area contributed by atoms with Gasteiger partial charge in [-0.25, -0.2) is 4.39 Å². The Morgan fingerprint density at radius 3 is 2.61 bits per heavy atom. The van der Waals surface area contributed by atoms with E-state index in [-0.39, 0.29) is 17.7 Å². The largest absolute Gasteiger partial charge is 0.466 e. The summed E-state index contributed by atoms with van der Waals surface area (Å²) < 4.78 is 19.5. The quantitative estimate of drug-likeness (QED) is 0.291. The summed E-state index contributed by atoms with van der Waals surface area (Å²) in [7, 11) is 0. The van der Waals surface area contributed by atoms with Crippen LogP contribution in [0.25, 0.3) is 11.1 Å². The predicted molar refractivity (Wildman–Crippen MR) is 131 cm³/mol. The molecule has 0 amide bonds. The first-order chi connectivity index (χ1) is 15.9. The number of rotatable bonds is 10. The van der Waals surface area contributed by atoms with Crippen molar-refractivity contribution in [2.24, 2.45) is 5.92 Å². The third-order valence-corrected chi connectivity index (χ3v) is 5.85. The normalized spacial score (nSPS) is 12.8. The third kappa shape index (κ3) is 7.14. The van der Waals surface area contributed by atoms with E-state index in [1.807, 2.05) is 30.3 Å². The topological polar surface area (TPSA) is 59.4 Å². The van der Waals surface area contributed by atoms with Gasteiger partial charge >= 0.3 is 5.97 Å². The summed E-state index contributed by atoms with van der Waals surface area (Å²) in [6, 6.07) is 15.8. The van der Waals surface area contributed by atoms with Gasteiger partial charge in [-0.1, -0.05) is 48.8 Å². The second kappa shape index (κ2) is 12.0. The van der Waals surface area contributed by atoms with E-state index in [9.17, 15) is 14.2 Å². The number of hydrogen-bond acceptors (Lipinski definition) is 4. The Balaban J connectivity index is 1.81. The Bertz CT molecular complexity index is 1050. The van der Waals surface area contributed by atoms with Crippen molar-refractivity contribution in [1.82, 2.24) is 4.98 Å². The van der Waals surface area contributed by atoms with Crippen LogP contribution < -0.4 is 0 Å². The van der Waals surface area contributed by atoms with E-state index >= 15 is 0 Å². The molecule has 0 spiro atoms. The van der Waals surface area contributed by atoms with Crippen molar-refractivity contribution in [1.29, 1.82) is 0 Å². The Morgan fingerprint density at radius 1 is 1.21 bits per heavy atom. The summed E-state index contributed by atoms with van der Waals surface area (Å²) in [5.74, 6) is -1.03. The first kappa shape index (κ1) is 24.9. The fourth-order valence-electron chi connectivity index (χ4n) is 4.14. The van der Waals surface area contributed by atoms with Gasteiger partial charge in [0, 0.05) is 23.0 Å². The summed E-state index contributed by atoms with van der Waals surface area (Å²) in [6.45, 7) is 3.33. The molecule has 0 fully saturated rings. The van der Waals surface area contributed by atoms with Crippen LogP contribution in [-0.2, 0) is 16.0 Å². The van der Waals surface area contributed by atoms with Crippen LogP contribution in [0.5, 0.6) is 0 Å². The van der Waals surface area contributed by atoms with Crippen molar-refractivity contribution in [2.75, 3.05) is 6.61 Å². The minimum Gasteiger partial charge on any atom is -0.466 e. The number of benzene rings is 2. The van der Waals surface area contributed by atoms with Gasteiger partial charge in [0.15, 0.2) is 0 Å². The Kier molecular flexibility index (Phi) is 9.04. The van der Waals surface area contributed by atoms with Gasteiger partial charge < -0.3 is 9.76 Å². The van der Waals surface area contributed by atoms with Crippen molar-refractivity contribution in [3.8, 4) is 11.1 Å².